The summed E-state index contributed by atoms with van der Waals surface area (Å²) in [6.45, 7) is 6.57. The van der Waals surface area contributed by atoms with Crippen LogP contribution in [0.4, 0.5) is 0 Å². The van der Waals surface area contributed by atoms with Crippen molar-refractivity contribution in [2.24, 2.45) is 0 Å². The maximum atomic E-state index is 12.8. The standard InChI is InChI=1S/C57H100O6/c1-4-7-10-13-16-19-21-23-25-26-27-28-29-30-32-33-35-38-41-44-47-50-56(59)62-53-54(52-61-55(58)49-46-43-40-37-18-15-12-9-6-3)63-57(60)51-48-45-42-39-36-34-31-24-22-20-17-14-11-8-5-2/h17,20-21,23-24,26-27,29-31,54H,4-16,18-19,22,25,28,32-53H2,1-3H3/b20-17-,23-21-,27-26-,30-29-,31-24-. The Bertz CT molecular complexity index is 1150. The van der Waals surface area contributed by atoms with E-state index in [1.165, 1.54) is 122 Å². The van der Waals surface area contributed by atoms with Crippen molar-refractivity contribution >= 4 is 17.9 Å². The third kappa shape index (κ3) is 50.0. The topological polar surface area (TPSA) is 78.9 Å². The first-order valence-corrected chi connectivity index (χ1v) is 26.8. The van der Waals surface area contributed by atoms with E-state index in [4.69, 9.17) is 14.2 Å². The fourth-order valence-corrected chi connectivity index (χ4v) is 7.42. The van der Waals surface area contributed by atoms with Gasteiger partial charge in [0.25, 0.3) is 0 Å². The van der Waals surface area contributed by atoms with Gasteiger partial charge in [0.1, 0.15) is 13.2 Å². The smallest absolute Gasteiger partial charge is 0.306 e. The normalized spacial score (nSPS) is 12.5. The maximum absolute atomic E-state index is 12.8. The summed E-state index contributed by atoms with van der Waals surface area (Å²) in [6.07, 6.45) is 63.5. The minimum absolute atomic E-state index is 0.0830. The zero-order chi connectivity index (χ0) is 45.8. The van der Waals surface area contributed by atoms with Crippen molar-refractivity contribution in [3.8, 4) is 0 Å². The average molecular weight is 881 g/mol. The molecule has 0 aromatic carbocycles. The molecule has 0 aliphatic heterocycles. The molecule has 1 atom stereocenters. The van der Waals surface area contributed by atoms with Gasteiger partial charge in [0, 0.05) is 19.3 Å². The summed E-state index contributed by atoms with van der Waals surface area (Å²) in [7, 11) is 0. The molecular formula is C57H100O6. The van der Waals surface area contributed by atoms with E-state index in [-0.39, 0.29) is 31.1 Å². The molecule has 0 amide bonds. The molecule has 1 unspecified atom stereocenters. The summed E-state index contributed by atoms with van der Waals surface area (Å²) < 4.78 is 16.8. The van der Waals surface area contributed by atoms with Gasteiger partial charge in [-0.1, -0.05) is 216 Å². The van der Waals surface area contributed by atoms with Crippen LogP contribution >= 0.6 is 0 Å². The molecule has 0 saturated heterocycles. The van der Waals surface area contributed by atoms with Gasteiger partial charge in [-0.25, -0.2) is 0 Å². The molecular weight excluding hydrogens is 781 g/mol. The van der Waals surface area contributed by atoms with Gasteiger partial charge < -0.3 is 14.2 Å². The van der Waals surface area contributed by atoms with Crippen molar-refractivity contribution in [2.75, 3.05) is 13.2 Å². The summed E-state index contributed by atoms with van der Waals surface area (Å²) in [6, 6.07) is 0. The highest BCUT2D eigenvalue weighted by molar-refractivity contribution is 5.71. The molecule has 0 fully saturated rings. The van der Waals surface area contributed by atoms with E-state index in [9.17, 15) is 14.4 Å². The van der Waals surface area contributed by atoms with Crippen LogP contribution in [0, 0.1) is 0 Å². The highest BCUT2D eigenvalue weighted by atomic mass is 16.6. The molecule has 6 nitrogen and oxygen atoms in total. The van der Waals surface area contributed by atoms with Crippen molar-refractivity contribution in [1.82, 2.24) is 0 Å². The minimum atomic E-state index is -0.784. The van der Waals surface area contributed by atoms with Crippen LogP contribution in [0.3, 0.4) is 0 Å². The lowest BCUT2D eigenvalue weighted by atomic mass is 10.1. The number of rotatable bonds is 48. The molecule has 0 aliphatic rings. The second-order valence-corrected chi connectivity index (χ2v) is 17.8. The Hall–Kier alpha value is -2.89. The fraction of sp³-hybridized carbons (Fsp3) is 0.772. The molecule has 0 aromatic heterocycles. The highest BCUT2D eigenvalue weighted by Gasteiger charge is 2.19. The van der Waals surface area contributed by atoms with Crippen molar-refractivity contribution in [2.45, 2.75) is 271 Å². The molecule has 63 heavy (non-hydrogen) atoms. The van der Waals surface area contributed by atoms with Gasteiger partial charge >= 0.3 is 17.9 Å². The van der Waals surface area contributed by atoms with Crippen molar-refractivity contribution in [3.63, 3.8) is 0 Å². The van der Waals surface area contributed by atoms with E-state index in [1.807, 2.05) is 0 Å². The predicted octanol–water partition coefficient (Wildman–Crippen LogP) is 17.6. The average Bonchev–Trinajstić information content (AvgIpc) is 3.28. The fourth-order valence-electron chi connectivity index (χ4n) is 7.42. The van der Waals surface area contributed by atoms with Crippen LogP contribution in [0.2, 0.25) is 0 Å². The van der Waals surface area contributed by atoms with Crippen molar-refractivity contribution in [1.29, 1.82) is 0 Å². The third-order valence-electron chi connectivity index (χ3n) is 11.5. The van der Waals surface area contributed by atoms with Gasteiger partial charge in [-0.15, -0.1) is 0 Å². The molecule has 0 aliphatic carbocycles. The number of esters is 3. The quantitative estimate of drug-likeness (QED) is 0.0262. The van der Waals surface area contributed by atoms with Crippen LogP contribution < -0.4 is 0 Å². The van der Waals surface area contributed by atoms with Crippen molar-refractivity contribution < 1.29 is 28.6 Å². The number of hydrogen-bond donors (Lipinski definition) is 0. The van der Waals surface area contributed by atoms with E-state index in [0.717, 1.165) is 103 Å². The first-order chi connectivity index (χ1) is 31.0. The van der Waals surface area contributed by atoms with E-state index in [0.29, 0.717) is 19.3 Å². The van der Waals surface area contributed by atoms with E-state index < -0.39 is 6.10 Å². The van der Waals surface area contributed by atoms with Crippen LogP contribution in [-0.2, 0) is 28.6 Å². The first-order valence-electron chi connectivity index (χ1n) is 26.8. The number of unbranched alkanes of at least 4 members (excludes halogenated alkanes) is 27. The van der Waals surface area contributed by atoms with Crippen LogP contribution in [-0.4, -0.2) is 37.2 Å². The molecule has 364 valence electrons. The SMILES string of the molecule is CCCCC/C=C\C/C=C\CCCCCCCC(=O)OC(COC(=O)CCCCCCCC/C=C\C/C=C\C/C=C\CCCCCCC)COC(=O)CCCCCCCCCCC. The van der Waals surface area contributed by atoms with Gasteiger partial charge in [0.05, 0.1) is 0 Å². The predicted molar refractivity (Wildman–Crippen MR) is 270 cm³/mol. The lowest BCUT2D eigenvalue weighted by Crippen LogP contribution is -2.30. The molecule has 0 heterocycles. The second kappa shape index (κ2) is 51.7. The highest BCUT2D eigenvalue weighted by Crippen LogP contribution is 2.14. The Labute approximate surface area is 390 Å². The number of hydrogen-bond acceptors (Lipinski definition) is 6. The third-order valence-corrected chi connectivity index (χ3v) is 11.5. The summed E-state index contributed by atoms with van der Waals surface area (Å²) in [5, 5.41) is 0. The zero-order valence-corrected chi connectivity index (χ0v) is 41.6. The number of allylic oxidation sites excluding steroid dienone is 10. The van der Waals surface area contributed by atoms with Crippen LogP contribution in [0.5, 0.6) is 0 Å². The monoisotopic (exact) mass is 881 g/mol. The van der Waals surface area contributed by atoms with Gasteiger partial charge in [-0.05, 0) is 89.9 Å². The second-order valence-electron chi connectivity index (χ2n) is 17.8. The molecule has 0 N–H and O–H groups in total. The summed E-state index contributed by atoms with van der Waals surface area (Å²) in [4.78, 5) is 37.9. The van der Waals surface area contributed by atoms with Crippen LogP contribution in [0.15, 0.2) is 60.8 Å². The van der Waals surface area contributed by atoms with E-state index in [2.05, 4.69) is 81.5 Å². The van der Waals surface area contributed by atoms with E-state index >= 15 is 0 Å². The summed E-state index contributed by atoms with van der Waals surface area (Å²) >= 11 is 0. The summed E-state index contributed by atoms with van der Waals surface area (Å²) in [5.41, 5.74) is 0. The van der Waals surface area contributed by atoms with Gasteiger partial charge in [0.15, 0.2) is 6.10 Å². The number of carbonyl (C=O) groups is 3. The molecule has 0 aromatic rings. The zero-order valence-electron chi connectivity index (χ0n) is 41.6. The first kappa shape index (κ1) is 60.1. The molecule has 0 bridgehead atoms. The molecule has 0 radical (unpaired) electrons. The largest absolute Gasteiger partial charge is 0.462 e. The van der Waals surface area contributed by atoms with E-state index in [1.54, 1.807) is 0 Å². The van der Waals surface area contributed by atoms with Crippen molar-refractivity contribution in [3.05, 3.63) is 60.8 Å². The summed E-state index contributed by atoms with van der Waals surface area (Å²) in [5.74, 6) is -0.908. The molecule has 0 rings (SSSR count). The Morgan fingerprint density at radius 3 is 0.921 bits per heavy atom. The van der Waals surface area contributed by atoms with Crippen LogP contribution in [0.25, 0.3) is 0 Å². The number of carbonyl (C=O) groups excluding carboxylic acids is 3. The lowest BCUT2D eigenvalue weighted by Gasteiger charge is -2.18. The Kier molecular flexibility index (Phi) is 49.4. The molecule has 0 spiro atoms. The van der Waals surface area contributed by atoms with Crippen LogP contribution in [0.1, 0.15) is 265 Å². The Balaban J connectivity index is 4.33. The lowest BCUT2D eigenvalue weighted by molar-refractivity contribution is -0.167. The molecule has 0 saturated carbocycles. The molecule has 6 heteroatoms. The van der Waals surface area contributed by atoms with Gasteiger partial charge in [-0.2, -0.15) is 0 Å². The van der Waals surface area contributed by atoms with Gasteiger partial charge in [-0.3, -0.25) is 14.4 Å². The Morgan fingerprint density at radius 2 is 0.571 bits per heavy atom. The number of ether oxygens (including phenoxy) is 3. The Morgan fingerprint density at radius 1 is 0.317 bits per heavy atom. The maximum Gasteiger partial charge on any atom is 0.306 e. The minimum Gasteiger partial charge on any atom is -0.462 e. The van der Waals surface area contributed by atoms with Gasteiger partial charge in [0.2, 0.25) is 0 Å².